The Labute approximate surface area is 210 Å². The summed E-state index contributed by atoms with van der Waals surface area (Å²) in [6, 6.07) is 29.2. The second kappa shape index (κ2) is 11.3. The van der Waals surface area contributed by atoms with Gasteiger partial charge in [0, 0.05) is 5.56 Å². The molecule has 0 fully saturated rings. The third-order valence-electron chi connectivity index (χ3n) is 6.09. The van der Waals surface area contributed by atoms with Crippen LogP contribution in [-0.2, 0) is 9.59 Å². The van der Waals surface area contributed by atoms with E-state index in [1.165, 1.54) is 6.21 Å². The molecule has 0 unspecified atom stereocenters. The monoisotopic (exact) mass is 479 g/mol. The fraction of sp³-hybridized carbons (Fsp3) is 0.167. The highest BCUT2D eigenvalue weighted by Crippen LogP contribution is 2.26. The minimum atomic E-state index is -0.800. The first kappa shape index (κ1) is 24.7. The summed E-state index contributed by atoms with van der Waals surface area (Å²) < 4.78 is 0. The van der Waals surface area contributed by atoms with Crippen molar-refractivity contribution < 1.29 is 14.7 Å². The van der Waals surface area contributed by atoms with Crippen molar-refractivity contribution in [1.29, 1.82) is 0 Å². The Hall–Kier alpha value is -4.45. The van der Waals surface area contributed by atoms with Gasteiger partial charge in [-0.2, -0.15) is 5.10 Å². The van der Waals surface area contributed by atoms with Gasteiger partial charge in [-0.05, 0) is 33.9 Å². The molecule has 3 N–H and O–H groups in total. The highest BCUT2D eigenvalue weighted by Gasteiger charge is 2.29. The second-order valence-corrected chi connectivity index (χ2v) is 8.94. The number of hydrogen-bond acceptors (Lipinski definition) is 4. The van der Waals surface area contributed by atoms with E-state index < -0.39 is 17.9 Å². The highest BCUT2D eigenvalue weighted by molar-refractivity contribution is 6.02. The van der Waals surface area contributed by atoms with Crippen molar-refractivity contribution in [3.05, 3.63) is 114 Å². The first-order valence-corrected chi connectivity index (χ1v) is 11.9. The molecule has 0 saturated heterocycles. The van der Waals surface area contributed by atoms with Gasteiger partial charge >= 0.3 is 0 Å². The van der Waals surface area contributed by atoms with Gasteiger partial charge < -0.3 is 10.4 Å². The fourth-order valence-electron chi connectivity index (χ4n) is 4.21. The molecule has 0 aliphatic heterocycles. The Morgan fingerprint density at radius 1 is 0.778 bits per heavy atom. The molecule has 0 radical (unpaired) electrons. The minimum absolute atomic E-state index is 0.0639. The van der Waals surface area contributed by atoms with E-state index in [2.05, 4.69) is 15.8 Å². The summed E-state index contributed by atoms with van der Waals surface area (Å²) in [4.78, 5) is 26.5. The zero-order chi connectivity index (χ0) is 25.5. The summed E-state index contributed by atoms with van der Waals surface area (Å²) in [6.45, 7) is 3.73. The van der Waals surface area contributed by atoms with Gasteiger partial charge in [0.05, 0.1) is 12.1 Å². The van der Waals surface area contributed by atoms with Crippen LogP contribution in [0.3, 0.4) is 0 Å². The normalized spacial score (nSPS) is 12.2. The number of carbonyl (C=O) groups is 2. The maximum atomic E-state index is 13.5. The zero-order valence-electron chi connectivity index (χ0n) is 20.3. The Morgan fingerprint density at radius 3 is 1.97 bits per heavy atom. The van der Waals surface area contributed by atoms with Gasteiger partial charge in [-0.25, -0.2) is 5.43 Å². The predicted molar refractivity (Wildman–Crippen MR) is 143 cm³/mol. The van der Waals surface area contributed by atoms with E-state index in [4.69, 9.17) is 0 Å². The van der Waals surface area contributed by atoms with Crippen molar-refractivity contribution in [1.82, 2.24) is 10.7 Å². The first-order valence-electron chi connectivity index (χ1n) is 11.9. The lowest BCUT2D eigenvalue weighted by molar-refractivity contribution is -0.130. The van der Waals surface area contributed by atoms with Gasteiger partial charge in [0.2, 0.25) is 5.91 Å². The summed E-state index contributed by atoms with van der Waals surface area (Å²) in [7, 11) is 0. The Bertz CT molecular complexity index is 1330. The molecule has 182 valence electrons. The van der Waals surface area contributed by atoms with E-state index in [0.29, 0.717) is 5.56 Å². The molecule has 2 amide bonds. The molecule has 36 heavy (non-hydrogen) atoms. The summed E-state index contributed by atoms with van der Waals surface area (Å²) in [5.74, 6) is -1.38. The lowest BCUT2D eigenvalue weighted by Gasteiger charge is -2.24. The molecule has 4 aromatic rings. The number of rotatable bonds is 8. The van der Waals surface area contributed by atoms with E-state index in [9.17, 15) is 14.7 Å². The van der Waals surface area contributed by atoms with Crippen molar-refractivity contribution >= 4 is 28.8 Å². The molecule has 0 aliphatic carbocycles. The number of nitrogens with one attached hydrogen (secondary N) is 2. The minimum Gasteiger partial charge on any atom is -0.507 e. The third kappa shape index (κ3) is 5.61. The summed E-state index contributed by atoms with van der Waals surface area (Å²) in [6.07, 6.45) is 1.42. The number of phenols is 1. The predicted octanol–water partition coefficient (Wildman–Crippen LogP) is 4.97. The molecule has 1 atom stereocenters. The number of hydrogen-bond donors (Lipinski definition) is 3. The van der Waals surface area contributed by atoms with Crippen molar-refractivity contribution in [3.8, 4) is 5.75 Å². The van der Waals surface area contributed by atoms with Crippen LogP contribution in [0.5, 0.6) is 5.75 Å². The Balaban J connectivity index is 1.53. The lowest BCUT2D eigenvalue weighted by Crippen LogP contribution is -2.50. The average Bonchev–Trinajstić information content (AvgIpc) is 2.89. The van der Waals surface area contributed by atoms with Crippen LogP contribution in [0, 0.1) is 5.92 Å². The van der Waals surface area contributed by atoms with E-state index in [1.807, 2.05) is 105 Å². The maximum Gasteiger partial charge on any atom is 0.262 e. The molecule has 0 saturated carbocycles. The van der Waals surface area contributed by atoms with Gasteiger partial charge in [-0.1, -0.05) is 105 Å². The van der Waals surface area contributed by atoms with Crippen LogP contribution in [0.4, 0.5) is 0 Å². The van der Waals surface area contributed by atoms with Crippen LogP contribution in [0.15, 0.2) is 102 Å². The van der Waals surface area contributed by atoms with Crippen molar-refractivity contribution in [2.45, 2.75) is 25.8 Å². The summed E-state index contributed by atoms with van der Waals surface area (Å²) >= 11 is 0. The smallest absolute Gasteiger partial charge is 0.262 e. The number of carbonyl (C=O) groups excluding carboxylic acids is 2. The zero-order valence-corrected chi connectivity index (χ0v) is 20.3. The second-order valence-electron chi connectivity index (χ2n) is 8.94. The van der Waals surface area contributed by atoms with Crippen LogP contribution in [0.1, 0.15) is 36.5 Å². The Kier molecular flexibility index (Phi) is 7.75. The van der Waals surface area contributed by atoms with E-state index >= 15 is 0 Å². The number of aromatic hydroxyl groups is 1. The lowest BCUT2D eigenvalue weighted by atomic mass is 9.89. The molecule has 4 aromatic carbocycles. The van der Waals surface area contributed by atoms with E-state index in [1.54, 1.807) is 6.07 Å². The molecule has 6 heteroatoms. The number of fused-ring (bicyclic) bond motifs is 1. The molecular formula is C30H29N3O3. The van der Waals surface area contributed by atoms with Gasteiger partial charge in [0.1, 0.15) is 11.8 Å². The first-order chi connectivity index (χ1) is 17.5. The largest absolute Gasteiger partial charge is 0.507 e. The third-order valence-corrected chi connectivity index (χ3v) is 6.09. The number of amides is 2. The van der Waals surface area contributed by atoms with Gasteiger partial charge in [0.15, 0.2) is 0 Å². The van der Waals surface area contributed by atoms with Crippen LogP contribution >= 0.6 is 0 Å². The molecule has 0 aromatic heterocycles. The van der Waals surface area contributed by atoms with E-state index in [-0.39, 0.29) is 17.6 Å². The van der Waals surface area contributed by atoms with Crippen molar-refractivity contribution in [2.24, 2.45) is 11.0 Å². The summed E-state index contributed by atoms with van der Waals surface area (Å²) in [5.41, 5.74) is 4.72. The number of hydrazone groups is 1. The SMILES string of the molecule is CC(C)[C@H](NC(=O)C(c1ccccc1)c1ccccc1)C(=O)N/N=C\c1c(O)ccc2ccccc12. The van der Waals surface area contributed by atoms with Crippen LogP contribution in [0.25, 0.3) is 10.8 Å². The molecule has 0 bridgehead atoms. The summed E-state index contributed by atoms with van der Waals surface area (Å²) in [5, 5.41) is 19.1. The topological polar surface area (TPSA) is 90.8 Å². The Morgan fingerprint density at radius 2 is 1.36 bits per heavy atom. The van der Waals surface area contributed by atoms with Gasteiger partial charge in [0.25, 0.3) is 5.91 Å². The fourth-order valence-corrected chi connectivity index (χ4v) is 4.21. The van der Waals surface area contributed by atoms with Crippen LogP contribution < -0.4 is 10.7 Å². The highest BCUT2D eigenvalue weighted by atomic mass is 16.3. The number of phenolic OH excluding ortho intramolecular Hbond substituents is 1. The van der Waals surface area contributed by atoms with Crippen LogP contribution in [0.2, 0.25) is 0 Å². The molecule has 0 heterocycles. The molecule has 0 aliphatic rings. The molecular weight excluding hydrogens is 450 g/mol. The van der Waals surface area contributed by atoms with Crippen molar-refractivity contribution in [2.75, 3.05) is 0 Å². The number of benzene rings is 4. The van der Waals surface area contributed by atoms with Crippen LogP contribution in [-0.4, -0.2) is 29.2 Å². The average molecular weight is 480 g/mol. The molecule has 6 nitrogen and oxygen atoms in total. The van der Waals surface area contributed by atoms with Gasteiger partial charge in [-0.3, -0.25) is 9.59 Å². The molecule has 4 rings (SSSR count). The standard InChI is InChI=1S/C30H29N3O3/c1-20(2)28(30(36)33-31-19-25-24-16-10-9-11-21(24)17-18-26(25)34)32-29(35)27(22-12-5-3-6-13-22)23-14-7-4-8-15-23/h3-20,27-28,34H,1-2H3,(H,32,35)(H,33,36)/b31-19-/t28-/m0/s1. The van der Waals surface area contributed by atoms with Crippen molar-refractivity contribution in [3.63, 3.8) is 0 Å². The quantitative estimate of drug-likeness (QED) is 0.246. The maximum absolute atomic E-state index is 13.5. The van der Waals surface area contributed by atoms with E-state index in [0.717, 1.165) is 21.9 Å². The van der Waals surface area contributed by atoms with Gasteiger partial charge in [-0.15, -0.1) is 0 Å². The number of nitrogens with zero attached hydrogens (tertiary/aromatic N) is 1. The molecule has 0 spiro atoms.